The summed E-state index contributed by atoms with van der Waals surface area (Å²) in [6.45, 7) is 3.62. The zero-order valence-corrected chi connectivity index (χ0v) is 15.4. The number of carbonyl (C=O) groups excluding carboxylic acids is 1. The van der Waals surface area contributed by atoms with Crippen molar-refractivity contribution in [2.45, 2.75) is 13.8 Å². The number of benzene rings is 2. The second kappa shape index (κ2) is 6.79. The van der Waals surface area contributed by atoms with Crippen molar-refractivity contribution >= 4 is 39.1 Å². The number of anilines is 1. The number of hydrogen-bond donors (Lipinski definition) is 1. The Bertz CT molecular complexity index is 904. The number of aromatic nitrogens is 1. The molecule has 122 valence electrons. The zero-order chi connectivity index (χ0) is 17.3. The van der Waals surface area contributed by atoms with E-state index in [0.29, 0.717) is 27.7 Å². The smallest absolute Gasteiger partial charge is 0.261 e. The molecular formula is C18H14BrClN2O2. The highest BCUT2D eigenvalue weighted by molar-refractivity contribution is 9.10. The van der Waals surface area contributed by atoms with Gasteiger partial charge >= 0.3 is 0 Å². The van der Waals surface area contributed by atoms with Gasteiger partial charge in [-0.05, 0) is 43.7 Å². The summed E-state index contributed by atoms with van der Waals surface area (Å²) < 4.78 is 6.18. The Morgan fingerprint density at radius 2 is 1.88 bits per heavy atom. The molecule has 0 unspecified atom stereocenters. The molecule has 4 nitrogen and oxygen atoms in total. The van der Waals surface area contributed by atoms with Crippen LogP contribution in [0.2, 0.25) is 5.02 Å². The highest BCUT2D eigenvalue weighted by Crippen LogP contribution is 2.28. The first-order chi connectivity index (χ1) is 11.5. The number of aryl methyl sites for hydroxylation is 2. The van der Waals surface area contributed by atoms with Crippen LogP contribution in [0.25, 0.3) is 11.3 Å². The Morgan fingerprint density at radius 1 is 1.17 bits per heavy atom. The molecule has 1 heterocycles. The van der Waals surface area contributed by atoms with Gasteiger partial charge in [-0.15, -0.1) is 0 Å². The van der Waals surface area contributed by atoms with E-state index in [0.717, 1.165) is 15.6 Å². The van der Waals surface area contributed by atoms with Gasteiger partial charge in [0.15, 0.2) is 0 Å². The van der Waals surface area contributed by atoms with Crippen molar-refractivity contribution in [2.24, 2.45) is 0 Å². The van der Waals surface area contributed by atoms with Crippen LogP contribution in [0.4, 0.5) is 5.69 Å². The molecule has 6 heteroatoms. The van der Waals surface area contributed by atoms with Crippen LogP contribution in [0, 0.1) is 13.8 Å². The van der Waals surface area contributed by atoms with Crippen LogP contribution < -0.4 is 5.32 Å². The van der Waals surface area contributed by atoms with Crippen LogP contribution in [0.1, 0.15) is 21.7 Å². The molecular weight excluding hydrogens is 392 g/mol. The first-order valence-electron chi connectivity index (χ1n) is 7.25. The number of amides is 1. The van der Waals surface area contributed by atoms with E-state index in [1.165, 1.54) is 0 Å². The summed E-state index contributed by atoms with van der Waals surface area (Å²) in [4.78, 5) is 12.7. The minimum Gasteiger partial charge on any atom is -0.360 e. The van der Waals surface area contributed by atoms with E-state index in [1.807, 2.05) is 37.3 Å². The van der Waals surface area contributed by atoms with Crippen molar-refractivity contribution in [3.05, 3.63) is 68.8 Å². The summed E-state index contributed by atoms with van der Waals surface area (Å²) in [5.41, 5.74) is 3.30. The molecule has 0 atom stereocenters. The van der Waals surface area contributed by atoms with Crippen LogP contribution in [0.15, 0.2) is 51.5 Å². The van der Waals surface area contributed by atoms with E-state index in [4.69, 9.17) is 16.1 Å². The van der Waals surface area contributed by atoms with Crippen LogP contribution in [-0.4, -0.2) is 11.1 Å². The lowest BCUT2D eigenvalue weighted by Gasteiger charge is -2.07. The van der Waals surface area contributed by atoms with Crippen molar-refractivity contribution in [3.63, 3.8) is 0 Å². The molecule has 3 rings (SSSR count). The number of halogens is 2. The maximum absolute atomic E-state index is 12.7. The largest absolute Gasteiger partial charge is 0.360 e. The highest BCUT2D eigenvalue weighted by atomic mass is 79.9. The van der Waals surface area contributed by atoms with E-state index in [2.05, 4.69) is 26.4 Å². The Balaban J connectivity index is 1.94. The van der Waals surface area contributed by atoms with Gasteiger partial charge in [-0.25, -0.2) is 0 Å². The standard InChI is InChI=1S/C18H14BrClN2O2/c1-10-3-8-14(9-15(10)20)21-18(23)16-11(2)24-22-17(16)12-4-6-13(19)7-5-12/h3-9H,1-2H3,(H,21,23). The molecule has 0 aliphatic rings. The third-order valence-corrected chi connectivity index (χ3v) is 4.57. The SMILES string of the molecule is Cc1ccc(NC(=O)c2c(-c3ccc(Br)cc3)noc2C)cc1Cl. The van der Waals surface area contributed by atoms with Crippen molar-refractivity contribution in [2.75, 3.05) is 5.32 Å². The second-order valence-electron chi connectivity index (χ2n) is 5.39. The molecule has 1 N–H and O–H groups in total. The fourth-order valence-corrected chi connectivity index (χ4v) is 2.75. The number of rotatable bonds is 3. The fraction of sp³-hybridized carbons (Fsp3) is 0.111. The lowest BCUT2D eigenvalue weighted by atomic mass is 10.1. The van der Waals surface area contributed by atoms with Gasteiger partial charge in [0.25, 0.3) is 5.91 Å². The normalized spacial score (nSPS) is 10.7. The van der Waals surface area contributed by atoms with Gasteiger partial charge in [-0.3, -0.25) is 4.79 Å². The third-order valence-electron chi connectivity index (χ3n) is 3.64. The van der Waals surface area contributed by atoms with Crippen molar-refractivity contribution in [1.29, 1.82) is 0 Å². The topological polar surface area (TPSA) is 55.1 Å². The monoisotopic (exact) mass is 404 g/mol. The number of nitrogens with zero attached hydrogens (tertiary/aromatic N) is 1. The van der Waals surface area contributed by atoms with Gasteiger partial charge in [0.2, 0.25) is 0 Å². The molecule has 0 saturated heterocycles. The molecule has 1 aromatic heterocycles. The molecule has 0 fully saturated rings. The van der Waals surface area contributed by atoms with Crippen LogP contribution in [0.3, 0.4) is 0 Å². The Kier molecular flexibility index (Phi) is 4.73. The maximum Gasteiger partial charge on any atom is 0.261 e. The molecule has 3 aromatic rings. The Morgan fingerprint density at radius 3 is 2.54 bits per heavy atom. The van der Waals surface area contributed by atoms with Crippen LogP contribution in [-0.2, 0) is 0 Å². The summed E-state index contributed by atoms with van der Waals surface area (Å²) in [5.74, 6) is 0.176. The summed E-state index contributed by atoms with van der Waals surface area (Å²) in [6, 6.07) is 12.9. The van der Waals surface area contributed by atoms with E-state index in [1.54, 1.807) is 19.1 Å². The molecule has 2 aromatic carbocycles. The quantitative estimate of drug-likeness (QED) is 0.614. The number of nitrogens with one attached hydrogen (secondary N) is 1. The molecule has 1 amide bonds. The van der Waals surface area contributed by atoms with Crippen molar-refractivity contribution < 1.29 is 9.32 Å². The molecule has 24 heavy (non-hydrogen) atoms. The summed E-state index contributed by atoms with van der Waals surface area (Å²) in [7, 11) is 0. The van der Waals surface area contributed by atoms with E-state index >= 15 is 0 Å². The molecule has 0 aliphatic carbocycles. The minimum absolute atomic E-state index is 0.286. The Hall–Kier alpha value is -2.11. The summed E-state index contributed by atoms with van der Waals surface area (Å²) >= 11 is 9.50. The predicted molar refractivity (Wildman–Crippen MR) is 98.5 cm³/mol. The van der Waals surface area contributed by atoms with Crippen LogP contribution in [0.5, 0.6) is 0 Å². The maximum atomic E-state index is 12.7. The summed E-state index contributed by atoms with van der Waals surface area (Å²) in [5, 5.41) is 7.47. The molecule has 0 aliphatic heterocycles. The lowest BCUT2D eigenvalue weighted by molar-refractivity contribution is 0.102. The molecule has 0 radical (unpaired) electrons. The van der Waals surface area contributed by atoms with Gasteiger partial charge in [0.1, 0.15) is 17.0 Å². The van der Waals surface area contributed by atoms with E-state index < -0.39 is 0 Å². The average molecular weight is 406 g/mol. The summed E-state index contributed by atoms with van der Waals surface area (Å²) in [6.07, 6.45) is 0. The van der Waals surface area contributed by atoms with Gasteiger partial charge in [0, 0.05) is 20.7 Å². The zero-order valence-electron chi connectivity index (χ0n) is 13.1. The first kappa shape index (κ1) is 16.7. The van der Waals surface area contributed by atoms with E-state index in [-0.39, 0.29) is 5.91 Å². The average Bonchev–Trinajstić information content (AvgIpc) is 2.93. The van der Waals surface area contributed by atoms with Gasteiger partial charge < -0.3 is 9.84 Å². The molecule has 0 spiro atoms. The van der Waals surface area contributed by atoms with Gasteiger partial charge in [-0.2, -0.15) is 0 Å². The lowest BCUT2D eigenvalue weighted by Crippen LogP contribution is -2.13. The van der Waals surface area contributed by atoms with Crippen molar-refractivity contribution in [3.8, 4) is 11.3 Å². The second-order valence-corrected chi connectivity index (χ2v) is 6.71. The van der Waals surface area contributed by atoms with Crippen molar-refractivity contribution in [1.82, 2.24) is 5.16 Å². The molecule has 0 saturated carbocycles. The molecule has 0 bridgehead atoms. The minimum atomic E-state index is -0.286. The van der Waals surface area contributed by atoms with Gasteiger partial charge in [-0.1, -0.05) is 50.9 Å². The Labute approximate surface area is 152 Å². The highest BCUT2D eigenvalue weighted by Gasteiger charge is 2.21. The first-order valence-corrected chi connectivity index (χ1v) is 8.42. The predicted octanol–water partition coefficient (Wildman–Crippen LogP) is 5.63. The number of carbonyl (C=O) groups is 1. The van der Waals surface area contributed by atoms with Crippen LogP contribution >= 0.6 is 27.5 Å². The fourth-order valence-electron chi connectivity index (χ4n) is 2.31. The number of hydrogen-bond acceptors (Lipinski definition) is 3. The van der Waals surface area contributed by atoms with Gasteiger partial charge in [0.05, 0.1) is 0 Å². The van der Waals surface area contributed by atoms with E-state index in [9.17, 15) is 4.79 Å². The third kappa shape index (κ3) is 3.37.